The van der Waals surface area contributed by atoms with Gasteiger partial charge >= 0.3 is 41.9 Å². The minimum Gasteiger partial charge on any atom is -1.00 e. The Balaban J connectivity index is 0.000000270. The summed E-state index contributed by atoms with van der Waals surface area (Å²) in [6.45, 7) is 22.3. The predicted molar refractivity (Wildman–Crippen MR) is 190 cm³/mol. The monoisotopic (exact) mass is 726 g/mol. The van der Waals surface area contributed by atoms with Crippen LogP contribution in [0.25, 0.3) is 43.8 Å². The molecule has 6 aromatic rings. The Labute approximate surface area is 299 Å². The summed E-state index contributed by atoms with van der Waals surface area (Å²) in [6.07, 6.45) is 0. The van der Waals surface area contributed by atoms with E-state index in [1.165, 1.54) is 82.7 Å². The Morgan fingerprint density at radius 2 is 1.04 bits per heavy atom. The van der Waals surface area contributed by atoms with Gasteiger partial charge in [0, 0.05) is 0 Å². The fourth-order valence-electron chi connectivity index (χ4n) is 6.10. The zero-order chi connectivity index (χ0) is 31.4. The van der Waals surface area contributed by atoms with Crippen molar-refractivity contribution < 1.29 is 48.1 Å². The molecule has 0 saturated heterocycles. The first kappa shape index (κ1) is 39.0. The second-order valence-electron chi connectivity index (χ2n) is 12.6. The van der Waals surface area contributed by atoms with Crippen LogP contribution in [0, 0.1) is 41.5 Å². The van der Waals surface area contributed by atoms with E-state index in [1.807, 2.05) is 0 Å². The van der Waals surface area contributed by atoms with Crippen LogP contribution in [0.4, 0.5) is 0 Å². The van der Waals surface area contributed by atoms with Crippen LogP contribution in [-0.4, -0.2) is 5.43 Å². The molecule has 0 aromatic heterocycles. The summed E-state index contributed by atoms with van der Waals surface area (Å²) in [7, 11) is 0. The third-order valence-electron chi connectivity index (χ3n) is 8.19. The van der Waals surface area contributed by atoms with Gasteiger partial charge in [-0.25, -0.2) is 0 Å². The third-order valence-corrected chi connectivity index (χ3v) is 8.19. The first-order chi connectivity index (χ1) is 20.4. The van der Waals surface area contributed by atoms with Gasteiger partial charge in [-0.2, -0.15) is 12.1 Å². The molecule has 0 amide bonds. The molecular formula is C41H46Cl2SiZr-2. The quantitative estimate of drug-likeness (QED) is 0.150. The van der Waals surface area contributed by atoms with Crippen molar-refractivity contribution in [2.24, 2.45) is 0 Å². The topological polar surface area (TPSA) is 0 Å². The second kappa shape index (κ2) is 17.1. The molecule has 0 nitrogen and oxygen atoms in total. The maximum atomic E-state index is 2.36. The van der Waals surface area contributed by atoms with Crippen LogP contribution in [0.1, 0.15) is 58.7 Å². The molecule has 0 bridgehead atoms. The van der Waals surface area contributed by atoms with Gasteiger partial charge in [-0.3, -0.25) is 0 Å². The van der Waals surface area contributed by atoms with Crippen molar-refractivity contribution in [1.82, 2.24) is 0 Å². The molecule has 0 radical (unpaired) electrons. The summed E-state index contributed by atoms with van der Waals surface area (Å²) in [4.78, 5) is 0. The molecular weight excluding hydrogens is 683 g/mol. The summed E-state index contributed by atoms with van der Waals surface area (Å²) in [5.41, 5.74) is 15.3. The third kappa shape index (κ3) is 9.20. The maximum Gasteiger partial charge on any atom is -0.0220 e. The van der Waals surface area contributed by atoms with Gasteiger partial charge in [0.05, 0.1) is 0 Å². The number of halogens is 2. The van der Waals surface area contributed by atoms with E-state index in [2.05, 4.69) is 159 Å². The van der Waals surface area contributed by atoms with Gasteiger partial charge in [0.15, 0.2) is 0 Å². The normalized spacial score (nSPS) is 10.4. The van der Waals surface area contributed by atoms with E-state index in [-0.39, 0.29) is 30.2 Å². The molecule has 0 atom stereocenters. The molecule has 0 saturated carbocycles. The zero-order valence-electron chi connectivity index (χ0n) is 28.5. The van der Waals surface area contributed by atoms with Crippen LogP contribution < -0.4 is 24.8 Å². The maximum absolute atomic E-state index is 2.36. The predicted octanol–water partition coefficient (Wildman–Crippen LogP) is 6.22. The second-order valence-corrected chi connectivity index (χ2v) is 21.9. The van der Waals surface area contributed by atoms with Crippen LogP contribution in [0.3, 0.4) is 0 Å². The smallest absolute Gasteiger partial charge is 0.0220 e. The van der Waals surface area contributed by atoms with Crippen LogP contribution in [0.5, 0.6) is 0 Å². The van der Waals surface area contributed by atoms with Gasteiger partial charge in [-0.15, -0.1) is 68.6 Å². The standard InChI is InChI=1S/C20H21.C19H19.C2H6Si.2ClH.Zr/c1-13(2)17-11-16-9-6-10-18(19(16)12-17)20-14(3)7-5-8-15(20)4;1-12-10-17-13(2)8-9-16(18(17)11-12)19-14(3)6-5-7-15(19)4;1-3-2;;;/h5-13H,1-4H3;5-11H,1-4H3;1-2H3;2*1H;/q2*-1;;;;+2/p-2. The molecule has 0 unspecified atom stereocenters. The van der Waals surface area contributed by atoms with E-state index < -0.39 is 0 Å². The average Bonchev–Trinajstić information content (AvgIpc) is 3.55. The van der Waals surface area contributed by atoms with Gasteiger partial charge in [0.2, 0.25) is 0 Å². The SMILES string of the molecule is C[Si](C)=[Zr+2].Cc1cc2c(-c3c(C)cccc3C)ccc(C)c2[cH-]1.Cc1cccc(C)c1-c1cccc2[cH-]c(C(C)C)cc12.[Cl-].[Cl-]. The first-order valence-electron chi connectivity index (χ1n) is 15.4. The molecule has 0 aliphatic carbocycles. The Bertz CT molecular complexity index is 1860. The Kier molecular flexibility index (Phi) is 14.8. The number of hydrogen-bond acceptors (Lipinski definition) is 0. The molecule has 234 valence electrons. The average molecular weight is 729 g/mol. The molecule has 0 aliphatic heterocycles. The van der Waals surface area contributed by atoms with Crippen LogP contribution in [0.15, 0.2) is 91.0 Å². The van der Waals surface area contributed by atoms with E-state index in [1.54, 1.807) is 23.3 Å². The van der Waals surface area contributed by atoms with Crippen molar-refractivity contribution in [3.05, 3.63) is 130 Å². The Morgan fingerprint density at radius 3 is 1.53 bits per heavy atom. The summed E-state index contributed by atoms with van der Waals surface area (Å²) in [5.74, 6) is 0.577. The number of hydrogen-bond donors (Lipinski definition) is 0. The summed E-state index contributed by atoms with van der Waals surface area (Å²) in [6, 6.07) is 33.5. The molecule has 6 aromatic carbocycles. The van der Waals surface area contributed by atoms with Crippen molar-refractivity contribution in [2.75, 3.05) is 0 Å². The van der Waals surface area contributed by atoms with E-state index in [4.69, 9.17) is 0 Å². The number of rotatable bonds is 3. The minimum absolute atomic E-state index is 0. The van der Waals surface area contributed by atoms with Crippen LogP contribution in [0.2, 0.25) is 13.1 Å². The summed E-state index contributed by atoms with van der Waals surface area (Å²) < 4.78 is 0. The van der Waals surface area contributed by atoms with E-state index in [0.29, 0.717) is 5.92 Å². The zero-order valence-corrected chi connectivity index (χ0v) is 33.5. The van der Waals surface area contributed by atoms with Crippen molar-refractivity contribution in [3.8, 4) is 22.3 Å². The largest absolute Gasteiger partial charge is 1.00 e. The molecule has 0 N–H and O–H groups in total. The van der Waals surface area contributed by atoms with Crippen molar-refractivity contribution in [2.45, 2.75) is 74.4 Å². The minimum atomic E-state index is 0. The fourth-order valence-corrected chi connectivity index (χ4v) is 6.10. The van der Waals surface area contributed by atoms with Gasteiger partial charge in [0.25, 0.3) is 0 Å². The fraction of sp³-hybridized carbons (Fsp3) is 0.268. The number of aryl methyl sites for hydroxylation is 6. The van der Waals surface area contributed by atoms with Gasteiger partial charge in [-0.1, -0.05) is 87.4 Å². The molecule has 0 aliphatic rings. The summed E-state index contributed by atoms with van der Waals surface area (Å²) in [5, 5.41) is 5.51. The molecule has 0 spiro atoms. The van der Waals surface area contributed by atoms with Crippen molar-refractivity contribution in [1.29, 1.82) is 0 Å². The number of benzene rings is 4. The van der Waals surface area contributed by atoms with Crippen molar-refractivity contribution >= 4 is 27.0 Å². The van der Waals surface area contributed by atoms with E-state index in [0.717, 1.165) is 0 Å². The molecule has 45 heavy (non-hydrogen) atoms. The Hall–Kier alpha value is -2.22. The first-order valence-corrected chi connectivity index (χ1v) is 21.6. The Morgan fingerprint density at radius 1 is 0.578 bits per heavy atom. The van der Waals surface area contributed by atoms with E-state index >= 15 is 0 Å². The molecule has 0 heterocycles. The van der Waals surface area contributed by atoms with E-state index in [9.17, 15) is 0 Å². The number of fused-ring (bicyclic) bond motifs is 2. The van der Waals surface area contributed by atoms with Crippen LogP contribution >= 0.6 is 0 Å². The van der Waals surface area contributed by atoms with Gasteiger partial charge in [0.1, 0.15) is 0 Å². The van der Waals surface area contributed by atoms with Crippen molar-refractivity contribution in [3.63, 3.8) is 0 Å². The van der Waals surface area contributed by atoms with Gasteiger partial charge in [-0.05, 0) is 67.0 Å². The molecule has 6 rings (SSSR count). The molecule has 0 fully saturated rings. The van der Waals surface area contributed by atoms with Crippen LogP contribution in [-0.2, 0) is 23.3 Å². The molecule has 4 heteroatoms. The van der Waals surface area contributed by atoms with Gasteiger partial charge < -0.3 is 24.8 Å². The summed E-state index contributed by atoms with van der Waals surface area (Å²) >= 11 is 1.74.